The van der Waals surface area contributed by atoms with Gasteiger partial charge in [0.15, 0.2) is 0 Å². The first kappa shape index (κ1) is 26.6. The first-order valence-corrected chi connectivity index (χ1v) is 12.6. The molecule has 1 heterocycles. The highest BCUT2D eigenvalue weighted by molar-refractivity contribution is 6.00. The summed E-state index contributed by atoms with van der Waals surface area (Å²) in [4.78, 5) is 42.3. The molecule has 2 aliphatic rings. The van der Waals surface area contributed by atoms with Crippen LogP contribution >= 0.6 is 0 Å². The molecule has 2 aromatic rings. The van der Waals surface area contributed by atoms with Crippen molar-refractivity contribution in [3.8, 4) is 5.75 Å². The van der Waals surface area contributed by atoms with Crippen molar-refractivity contribution in [2.45, 2.75) is 38.8 Å². The van der Waals surface area contributed by atoms with Gasteiger partial charge in [0.05, 0.1) is 23.3 Å². The maximum absolute atomic E-state index is 14.5. The molecule has 3 atom stereocenters. The van der Waals surface area contributed by atoms with Crippen molar-refractivity contribution in [1.29, 1.82) is 0 Å². The van der Waals surface area contributed by atoms with E-state index in [-0.39, 0.29) is 55.0 Å². The van der Waals surface area contributed by atoms with Crippen LogP contribution in [0, 0.1) is 17.7 Å². The first-order valence-electron chi connectivity index (χ1n) is 12.6. The van der Waals surface area contributed by atoms with Gasteiger partial charge in [-0.3, -0.25) is 14.4 Å². The Bertz CT molecular complexity index is 1170. The van der Waals surface area contributed by atoms with E-state index in [1.54, 1.807) is 54.3 Å². The second kappa shape index (κ2) is 11.3. The fourth-order valence-electron chi connectivity index (χ4n) is 4.52. The van der Waals surface area contributed by atoms with Crippen LogP contribution in [-0.4, -0.2) is 73.5 Å². The van der Waals surface area contributed by atoms with E-state index in [9.17, 15) is 18.8 Å². The number of nitrogens with zero attached hydrogens (tertiary/aromatic N) is 2. The Balaban J connectivity index is 1.66. The van der Waals surface area contributed by atoms with E-state index in [1.807, 2.05) is 13.8 Å². The molecule has 1 saturated carbocycles. The molecule has 3 amide bonds. The lowest BCUT2D eigenvalue weighted by atomic mass is 10.0. The van der Waals surface area contributed by atoms with Crippen LogP contribution in [0.1, 0.15) is 47.4 Å². The van der Waals surface area contributed by atoms with Gasteiger partial charge in [-0.25, -0.2) is 4.39 Å². The molecule has 1 N–H and O–H groups in total. The van der Waals surface area contributed by atoms with Gasteiger partial charge in [0, 0.05) is 44.8 Å². The van der Waals surface area contributed by atoms with Crippen LogP contribution in [0.4, 0.5) is 10.1 Å². The summed E-state index contributed by atoms with van der Waals surface area (Å²) >= 11 is 0. The van der Waals surface area contributed by atoms with Crippen LogP contribution in [0.15, 0.2) is 42.5 Å². The number of halogens is 1. The molecule has 2 aromatic carbocycles. The average molecular weight is 512 g/mol. The number of ether oxygens (including phenoxy) is 2. The lowest BCUT2D eigenvalue weighted by Gasteiger charge is -2.36. The largest absolute Gasteiger partial charge is 0.491 e. The Hall–Kier alpha value is -3.46. The Morgan fingerprint density at radius 2 is 1.84 bits per heavy atom. The van der Waals surface area contributed by atoms with Gasteiger partial charge in [0.25, 0.3) is 11.8 Å². The molecule has 0 spiro atoms. The fourth-order valence-corrected chi connectivity index (χ4v) is 4.52. The van der Waals surface area contributed by atoms with Crippen molar-refractivity contribution in [3.63, 3.8) is 0 Å². The van der Waals surface area contributed by atoms with Crippen LogP contribution in [0.2, 0.25) is 0 Å². The number of methoxy groups -OCH3 is 1. The van der Waals surface area contributed by atoms with Crippen LogP contribution in [0.3, 0.4) is 0 Å². The van der Waals surface area contributed by atoms with E-state index in [0.29, 0.717) is 17.0 Å². The third kappa shape index (κ3) is 6.10. The van der Waals surface area contributed by atoms with E-state index in [2.05, 4.69) is 5.32 Å². The molecule has 1 fully saturated rings. The molecular weight excluding hydrogens is 477 g/mol. The topological polar surface area (TPSA) is 88.2 Å². The highest BCUT2D eigenvalue weighted by Crippen LogP contribution is 2.32. The van der Waals surface area contributed by atoms with Gasteiger partial charge < -0.3 is 24.6 Å². The molecule has 4 rings (SSSR count). The summed E-state index contributed by atoms with van der Waals surface area (Å²) < 4.78 is 26.3. The fraction of sp³-hybridized carbons (Fsp3) is 0.464. The van der Waals surface area contributed by atoms with E-state index < -0.39 is 17.8 Å². The summed E-state index contributed by atoms with van der Waals surface area (Å²) in [5, 5.41) is 2.88. The molecule has 1 aliphatic heterocycles. The third-order valence-corrected chi connectivity index (χ3v) is 7.03. The second-order valence-corrected chi connectivity index (χ2v) is 10.0. The molecule has 0 bridgehead atoms. The zero-order valence-electron chi connectivity index (χ0n) is 21.7. The molecule has 198 valence electrons. The van der Waals surface area contributed by atoms with Gasteiger partial charge in [-0.1, -0.05) is 19.1 Å². The number of carbonyl (C=O) groups is 3. The smallest absolute Gasteiger partial charge is 0.257 e. The Morgan fingerprint density at radius 1 is 1.11 bits per heavy atom. The van der Waals surface area contributed by atoms with E-state index in [4.69, 9.17) is 9.47 Å². The number of hydrogen-bond acceptors (Lipinski definition) is 5. The lowest BCUT2D eigenvalue weighted by Crippen LogP contribution is -2.48. The summed E-state index contributed by atoms with van der Waals surface area (Å²) in [5.74, 6) is -1.14. The highest BCUT2D eigenvalue weighted by atomic mass is 19.1. The zero-order valence-corrected chi connectivity index (χ0v) is 21.7. The summed E-state index contributed by atoms with van der Waals surface area (Å²) in [7, 11) is 3.25. The van der Waals surface area contributed by atoms with Gasteiger partial charge in [-0.15, -0.1) is 0 Å². The zero-order chi connectivity index (χ0) is 26.7. The maximum atomic E-state index is 14.5. The van der Waals surface area contributed by atoms with Crippen LogP contribution in [0.25, 0.3) is 0 Å². The molecule has 0 saturated heterocycles. The van der Waals surface area contributed by atoms with Crippen molar-refractivity contribution >= 4 is 23.4 Å². The van der Waals surface area contributed by atoms with Gasteiger partial charge in [0.1, 0.15) is 18.2 Å². The number of amides is 3. The Morgan fingerprint density at radius 3 is 2.51 bits per heavy atom. The molecule has 1 aliphatic carbocycles. The molecule has 0 radical (unpaired) electrons. The van der Waals surface area contributed by atoms with Crippen LogP contribution in [0.5, 0.6) is 5.75 Å². The average Bonchev–Trinajstić information content (AvgIpc) is 3.74. The van der Waals surface area contributed by atoms with E-state index in [1.165, 1.54) is 12.1 Å². The number of rotatable bonds is 4. The molecule has 37 heavy (non-hydrogen) atoms. The van der Waals surface area contributed by atoms with Gasteiger partial charge in [-0.2, -0.15) is 0 Å². The summed E-state index contributed by atoms with van der Waals surface area (Å²) in [6, 6.07) is 10.5. The highest BCUT2D eigenvalue weighted by Gasteiger charge is 2.32. The second-order valence-electron chi connectivity index (χ2n) is 10.0. The maximum Gasteiger partial charge on any atom is 0.257 e. The monoisotopic (exact) mass is 511 g/mol. The molecule has 9 heteroatoms. The summed E-state index contributed by atoms with van der Waals surface area (Å²) in [6.45, 7) is 4.41. The molecular formula is C28H34FN3O5. The van der Waals surface area contributed by atoms with E-state index in [0.717, 1.165) is 12.8 Å². The number of likely N-dealkylation sites (N-methyl/N-ethyl adjacent to an activating group) is 1. The minimum atomic E-state index is -0.584. The minimum Gasteiger partial charge on any atom is -0.491 e. The predicted molar refractivity (Wildman–Crippen MR) is 137 cm³/mol. The summed E-state index contributed by atoms with van der Waals surface area (Å²) in [5.41, 5.74) is 0.818. The van der Waals surface area contributed by atoms with E-state index >= 15 is 0 Å². The van der Waals surface area contributed by atoms with Gasteiger partial charge >= 0.3 is 0 Å². The number of fused-ring (bicyclic) bond motifs is 1. The molecule has 0 unspecified atom stereocenters. The molecule has 0 aromatic heterocycles. The summed E-state index contributed by atoms with van der Waals surface area (Å²) in [6.07, 6.45) is 1.37. The van der Waals surface area contributed by atoms with Crippen molar-refractivity contribution in [3.05, 3.63) is 59.4 Å². The minimum absolute atomic E-state index is 0.00801. The number of anilines is 1. The van der Waals surface area contributed by atoms with Crippen LogP contribution in [-0.2, 0) is 9.53 Å². The number of nitrogens with one attached hydrogen (secondary N) is 1. The Labute approximate surface area is 216 Å². The third-order valence-electron chi connectivity index (χ3n) is 7.03. The molecule has 8 nitrogen and oxygen atoms in total. The van der Waals surface area contributed by atoms with Crippen molar-refractivity contribution in [1.82, 2.24) is 9.80 Å². The first-order chi connectivity index (χ1) is 17.7. The van der Waals surface area contributed by atoms with Crippen molar-refractivity contribution < 1.29 is 28.2 Å². The number of hydrogen-bond donors (Lipinski definition) is 1. The number of benzene rings is 2. The van der Waals surface area contributed by atoms with Gasteiger partial charge in [-0.05, 0) is 50.1 Å². The standard InChI is InChI=1S/C28H34FN3O5/c1-17-14-32(28(35)21-7-5-6-8-23(21)29)18(2)16-37-24-12-11-20(30-26(33)19-9-10-19)13-22(24)27(34)31(3)15-25(17)36-4/h5-8,11-13,17-19,25H,9-10,14-16H2,1-4H3,(H,30,33)/t17-,18+,25+/m0/s1. The lowest BCUT2D eigenvalue weighted by molar-refractivity contribution is -0.117. The predicted octanol–water partition coefficient (Wildman–Crippen LogP) is 3.82. The van der Waals surface area contributed by atoms with Crippen LogP contribution < -0.4 is 10.1 Å². The SMILES string of the molecule is CO[C@@H]1CN(C)C(=O)c2cc(NC(=O)C3CC3)ccc2OC[C@@H](C)N(C(=O)c2ccccc2F)C[C@@H]1C. The van der Waals surface area contributed by atoms with Crippen molar-refractivity contribution in [2.24, 2.45) is 11.8 Å². The quantitative estimate of drug-likeness (QED) is 0.674. The Kier molecular flexibility index (Phi) is 8.12. The normalized spacial score (nSPS) is 22.8. The number of carbonyl (C=O) groups excluding carboxylic acids is 3. The van der Waals surface area contributed by atoms with Crippen molar-refractivity contribution in [2.75, 3.05) is 39.2 Å². The van der Waals surface area contributed by atoms with Gasteiger partial charge in [0.2, 0.25) is 5.91 Å².